The Bertz CT molecular complexity index is 1340. The zero-order valence-electron chi connectivity index (χ0n) is 20.6. The third kappa shape index (κ3) is 8.51. The van der Waals surface area contributed by atoms with E-state index in [0.717, 1.165) is 32.3 Å². The number of aromatic nitrogens is 3. The number of hydrogen-bond acceptors (Lipinski definition) is 7. The Morgan fingerprint density at radius 1 is 1.00 bits per heavy atom. The Balaban J connectivity index is 0.00000253. The zero-order valence-corrected chi connectivity index (χ0v) is 23.1. The minimum Gasteiger partial charge on any atom is -0.493 e. The molecule has 8 nitrogen and oxygen atoms in total. The highest BCUT2D eigenvalue weighted by atomic mass is 35.5. The van der Waals surface area contributed by atoms with Gasteiger partial charge in [0, 0.05) is 48.4 Å². The van der Waals surface area contributed by atoms with Crippen molar-refractivity contribution in [1.82, 2.24) is 20.3 Å². The largest absolute Gasteiger partial charge is 0.493 e. The van der Waals surface area contributed by atoms with Gasteiger partial charge in [-0.2, -0.15) is 0 Å². The first-order valence-corrected chi connectivity index (χ1v) is 12.3. The lowest BCUT2D eigenvalue weighted by Gasteiger charge is -2.13. The van der Waals surface area contributed by atoms with Crippen molar-refractivity contribution in [3.63, 3.8) is 0 Å². The molecule has 2 N–H and O–H groups in total. The van der Waals surface area contributed by atoms with Gasteiger partial charge in [0.1, 0.15) is 16.5 Å². The number of amides is 1. The van der Waals surface area contributed by atoms with Crippen molar-refractivity contribution in [2.24, 2.45) is 0 Å². The number of hydrogen-bond donors (Lipinski definition) is 2. The minimum atomic E-state index is -0.872. The molecule has 0 aliphatic rings. The van der Waals surface area contributed by atoms with Crippen LogP contribution in [0.4, 0.5) is 0 Å². The first-order valence-electron chi connectivity index (χ1n) is 11.5. The van der Waals surface area contributed by atoms with Crippen molar-refractivity contribution in [3.05, 3.63) is 94.5 Å². The summed E-state index contributed by atoms with van der Waals surface area (Å²) in [5.41, 5.74) is 4.01. The molecule has 0 spiro atoms. The second-order valence-electron chi connectivity index (χ2n) is 8.08. The van der Waals surface area contributed by atoms with Crippen LogP contribution in [0.5, 0.6) is 5.75 Å². The van der Waals surface area contributed by atoms with E-state index >= 15 is 0 Å². The fraction of sp³-hybridized carbons (Fsp3) is 0.222. The minimum absolute atomic E-state index is 0. The second-order valence-corrected chi connectivity index (χ2v) is 9.28. The number of halogens is 2. The molecule has 3 aromatic heterocycles. The number of nitrogens with one attached hydrogen (secondary N) is 1. The Morgan fingerprint density at radius 3 is 2.50 bits per heavy atom. The van der Waals surface area contributed by atoms with Gasteiger partial charge in [-0.1, -0.05) is 12.1 Å². The number of carboxylic acids is 1. The molecule has 4 rings (SSSR count). The predicted octanol–water partition coefficient (Wildman–Crippen LogP) is 5.32. The number of carboxylic acid groups (broad SMARTS) is 1. The van der Waals surface area contributed by atoms with E-state index in [1.165, 1.54) is 0 Å². The number of carbonyl (C=O) groups excluding carboxylic acids is 1. The molecule has 3 heterocycles. The number of ether oxygens (including phenoxy) is 1. The highest BCUT2D eigenvalue weighted by molar-refractivity contribution is 7.15. The highest BCUT2D eigenvalue weighted by Gasteiger charge is 2.12. The summed E-state index contributed by atoms with van der Waals surface area (Å²) < 4.78 is 6.01. The summed E-state index contributed by atoms with van der Waals surface area (Å²) in [5.74, 6) is -0.517. The first kappa shape index (κ1) is 30.7. The average molecular weight is 576 g/mol. The maximum atomic E-state index is 12.4. The molecule has 0 bridgehead atoms. The molecule has 0 unspecified atom stereocenters. The summed E-state index contributed by atoms with van der Waals surface area (Å²) in [5, 5.41) is 12.9. The van der Waals surface area contributed by atoms with E-state index in [1.807, 2.05) is 30.3 Å². The van der Waals surface area contributed by atoms with Gasteiger partial charge >= 0.3 is 5.97 Å². The average Bonchev–Trinajstić information content (AvgIpc) is 3.27. The molecular formula is C27H28Cl2N4O4S. The van der Waals surface area contributed by atoms with Gasteiger partial charge < -0.3 is 15.2 Å². The van der Waals surface area contributed by atoms with Gasteiger partial charge in [0.15, 0.2) is 0 Å². The van der Waals surface area contributed by atoms with Gasteiger partial charge in [-0.05, 0) is 60.9 Å². The highest BCUT2D eigenvalue weighted by Crippen LogP contribution is 2.27. The summed E-state index contributed by atoms with van der Waals surface area (Å²) >= 11 is 1.65. The number of nitrogens with zero attached hydrogens (tertiary/aromatic N) is 3. The Kier molecular flexibility index (Phi) is 12.1. The smallest absolute Gasteiger partial charge is 0.303 e. The topological polar surface area (TPSA) is 114 Å². The number of carbonyl (C=O) groups is 2. The van der Waals surface area contributed by atoms with Gasteiger partial charge in [0.2, 0.25) is 0 Å². The van der Waals surface area contributed by atoms with Gasteiger partial charge in [0.05, 0.1) is 12.3 Å². The van der Waals surface area contributed by atoms with Gasteiger partial charge in [-0.3, -0.25) is 19.6 Å². The maximum Gasteiger partial charge on any atom is 0.303 e. The van der Waals surface area contributed by atoms with Crippen molar-refractivity contribution < 1.29 is 19.4 Å². The van der Waals surface area contributed by atoms with Gasteiger partial charge in [0.25, 0.3) is 5.91 Å². The zero-order chi connectivity index (χ0) is 25.3. The van der Waals surface area contributed by atoms with Crippen LogP contribution in [0.25, 0.3) is 10.6 Å². The Morgan fingerprint density at radius 2 is 1.79 bits per heavy atom. The maximum absolute atomic E-state index is 12.4. The molecule has 4 aromatic rings. The van der Waals surface area contributed by atoms with Crippen molar-refractivity contribution in [2.75, 3.05) is 6.61 Å². The molecule has 11 heteroatoms. The number of pyridine rings is 2. The third-order valence-corrected chi connectivity index (χ3v) is 6.61. The predicted molar refractivity (Wildman–Crippen MR) is 152 cm³/mol. The van der Waals surface area contributed by atoms with Crippen LogP contribution in [0.1, 0.15) is 38.6 Å². The number of benzene rings is 1. The molecule has 0 atom stereocenters. The van der Waals surface area contributed by atoms with Crippen LogP contribution < -0.4 is 10.1 Å². The van der Waals surface area contributed by atoms with Crippen molar-refractivity contribution in [3.8, 4) is 16.3 Å². The van der Waals surface area contributed by atoms with Gasteiger partial charge in [-0.25, -0.2) is 4.98 Å². The molecule has 0 aliphatic carbocycles. The van der Waals surface area contributed by atoms with E-state index in [1.54, 1.807) is 48.1 Å². The molecule has 1 aromatic carbocycles. The van der Waals surface area contributed by atoms with E-state index < -0.39 is 5.97 Å². The molecule has 38 heavy (non-hydrogen) atoms. The van der Waals surface area contributed by atoms with E-state index in [9.17, 15) is 9.59 Å². The number of thiazole rings is 1. The van der Waals surface area contributed by atoms with Crippen LogP contribution in [-0.2, 0) is 24.2 Å². The van der Waals surface area contributed by atoms with E-state index in [0.29, 0.717) is 30.9 Å². The number of aliphatic carboxylic acids is 1. The summed E-state index contributed by atoms with van der Waals surface area (Å²) in [6.07, 6.45) is 6.09. The van der Waals surface area contributed by atoms with E-state index in [2.05, 4.69) is 22.2 Å². The Hall–Kier alpha value is -3.53. The summed E-state index contributed by atoms with van der Waals surface area (Å²) in [6.45, 7) is 2.73. The monoisotopic (exact) mass is 574 g/mol. The fourth-order valence-corrected chi connectivity index (χ4v) is 4.61. The van der Waals surface area contributed by atoms with Crippen LogP contribution in [-0.4, -0.2) is 38.5 Å². The standard InChI is InChI=1S/C27H26N4O4S.2ClH/c1-18-23(31-27(36-18)20-9-13-28-14-10-20)11-15-35-22-7-5-19(6-8-25(32)33)21(16-22)17-30-26(34)24-4-2-3-12-29-24;;/h2-5,7,9-10,12-14,16H,6,8,11,15,17H2,1H3,(H,30,34)(H,32,33);2*1H. The lowest BCUT2D eigenvalue weighted by Crippen LogP contribution is -2.24. The van der Waals surface area contributed by atoms with Gasteiger partial charge in [-0.15, -0.1) is 36.2 Å². The third-order valence-electron chi connectivity index (χ3n) is 5.55. The van der Waals surface area contributed by atoms with Crippen LogP contribution in [0.2, 0.25) is 0 Å². The van der Waals surface area contributed by atoms with E-state index in [4.69, 9.17) is 14.8 Å². The fourth-order valence-electron chi connectivity index (χ4n) is 3.65. The summed E-state index contributed by atoms with van der Waals surface area (Å²) in [7, 11) is 0. The van der Waals surface area contributed by atoms with Crippen LogP contribution in [0.15, 0.2) is 67.1 Å². The lowest BCUT2D eigenvalue weighted by molar-refractivity contribution is -0.136. The summed E-state index contributed by atoms with van der Waals surface area (Å²) in [6, 6.07) is 14.6. The Labute approximate surface area is 237 Å². The number of aryl methyl sites for hydroxylation is 2. The molecule has 0 saturated carbocycles. The normalized spacial score (nSPS) is 10.1. The molecule has 0 saturated heterocycles. The van der Waals surface area contributed by atoms with Crippen LogP contribution in [0.3, 0.4) is 0 Å². The van der Waals surface area contributed by atoms with Crippen molar-refractivity contribution in [1.29, 1.82) is 0 Å². The summed E-state index contributed by atoms with van der Waals surface area (Å²) in [4.78, 5) is 37.6. The number of rotatable bonds is 11. The molecule has 0 radical (unpaired) electrons. The van der Waals surface area contributed by atoms with Crippen molar-refractivity contribution in [2.45, 2.75) is 32.7 Å². The van der Waals surface area contributed by atoms with Crippen LogP contribution >= 0.6 is 36.2 Å². The lowest BCUT2D eigenvalue weighted by atomic mass is 10.0. The molecule has 0 fully saturated rings. The first-order chi connectivity index (χ1) is 17.5. The van der Waals surface area contributed by atoms with Crippen LogP contribution in [0, 0.1) is 6.92 Å². The molecule has 200 valence electrons. The van der Waals surface area contributed by atoms with Crippen molar-refractivity contribution >= 4 is 48.0 Å². The second kappa shape index (κ2) is 15.0. The molecule has 0 aliphatic heterocycles. The SMILES string of the molecule is Cc1sc(-c2ccncc2)nc1CCOc1ccc(CCC(=O)O)c(CNC(=O)c2ccccn2)c1.Cl.Cl. The quantitative estimate of drug-likeness (QED) is 0.249. The van der Waals surface area contributed by atoms with E-state index in [-0.39, 0.29) is 43.7 Å². The molecular weight excluding hydrogens is 547 g/mol. The molecule has 1 amide bonds.